The standard InChI is InChI=1S/C19H23NO2.ClH/c1-2-5-16(6-3-1)14-21-18-7-4-8-19(13-18)22-15-17-9-11-20-12-10-17;/h1-8,13,17,20H,9-12,14-15H2;1H. The van der Waals surface area contributed by atoms with Crippen LogP contribution in [-0.2, 0) is 6.61 Å². The molecule has 1 aliphatic rings. The van der Waals surface area contributed by atoms with Crippen LogP contribution >= 0.6 is 12.4 Å². The molecule has 0 aromatic heterocycles. The van der Waals surface area contributed by atoms with E-state index in [0.29, 0.717) is 12.5 Å². The Hall–Kier alpha value is -1.71. The van der Waals surface area contributed by atoms with Gasteiger partial charge >= 0.3 is 0 Å². The van der Waals surface area contributed by atoms with E-state index >= 15 is 0 Å². The second-order valence-corrected chi connectivity index (χ2v) is 5.75. The van der Waals surface area contributed by atoms with Crippen molar-refractivity contribution in [3.05, 3.63) is 60.2 Å². The zero-order valence-electron chi connectivity index (χ0n) is 13.2. The molecule has 4 heteroatoms. The molecule has 1 aliphatic heterocycles. The smallest absolute Gasteiger partial charge is 0.123 e. The molecule has 0 atom stereocenters. The lowest BCUT2D eigenvalue weighted by atomic mass is 9.99. The molecule has 3 nitrogen and oxygen atoms in total. The lowest BCUT2D eigenvalue weighted by Crippen LogP contribution is -2.30. The van der Waals surface area contributed by atoms with Gasteiger partial charge in [0.2, 0.25) is 0 Å². The lowest BCUT2D eigenvalue weighted by molar-refractivity contribution is 0.214. The summed E-state index contributed by atoms with van der Waals surface area (Å²) in [6.07, 6.45) is 2.40. The molecule has 124 valence electrons. The second-order valence-electron chi connectivity index (χ2n) is 5.75. The minimum absolute atomic E-state index is 0. The van der Waals surface area contributed by atoms with Gasteiger partial charge in [0, 0.05) is 6.07 Å². The van der Waals surface area contributed by atoms with Crippen LogP contribution < -0.4 is 14.8 Å². The van der Waals surface area contributed by atoms with Gasteiger partial charge in [-0.3, -0.25) is 0 Å². The van der Waals surface area contributed by atoms with E-state index in [4.69, 9.17) is 9.47 Å². The number of hydrogen-bond donors (Lipinski definition) is 1. The lowest BCUT2D eigenvalue weighted by Gasteiger charge is -2.22. The van der Waals surface area contributed by atoms with E-state index in [1.807, 2.05) is 42.5 Å². The van der Waals surface area contributed by atoms with Crippen molar-refractivity contribution < 1.29 is 9.47 Å². The monoisotopic (exact) mass is 333 g/mol. The highest BCUT2D eigenvalue weighted by molar-refractivity contribution is 5.85. The summed E-state index contributed by atoms with van der Waals surface area (Å²) in [5.74, 6) is 2.41. The molecule has 2 aromatic carbocycles. The number of ether oxygens (including phenoxy) is 2. The minimum Gasteiger partial charge on any atom is -0.493 e. The van der Waals surface area contributed by atoms with Gasteiger partial charge < -0.3 is 14.8 Å². The molecular formula is C19H24ClNO2. The summed E-state index contributed by atoms with van der Waals surface area (Å²) in [5.41, 5.74) is 1.17. The number of halogens is 1. The molecule has 2 aromatic rings. The van der Waals surface area contributed by atoms with Gasteiger partial charge in [0.05, 0.1) is 6.61 Å². The minimum atomic E-state index is 0. The molecule has 1 fully saturated rings. The Balaban J connectivity index is 0.00000192. The van der Waals surface area contributed by atoms with Crippen molar-refractivity contribution >= 4 is 12.4 Å². The summed E-state index contributed by atoms with van der Waals surface area (Å²) in [4.78, 5) is 0. The summed E-state index contributed by atoms with van der Waals surface area (Å²) in [6, 6.07) is 18.1. The van der Waals surface area contributed by atoms with Crippen molar-refractivity contribution in [1.29, 1.82) is 0 Å². The first-order chi connectivity index (χ1) is 10.9. The first-order valence-electron chi connectivity index (χ1n) is 8.00. The third kappa shape index (κ3) is 5.77. The molecule has 23 heavy (non-hydrogen) atoms. The third-order valence-corrected chi connectivity index (χ3v) is 4.00. The van der Waals surface area contributed by atoms with Crippen LogP contribution in [0.1, 0.15) is 18.4 Å². The van der Waals surface area contributed by atoms with Crippen molar-refractivity contribution in [2.45, 2.75) is 19.4 Å². The molecule has 0 bridgehead atoms. The summed E-state index contributed by atoms with van der Waals surface area (Å²) in [6.45, 7) is 3.59. The number of hydrogen-bond acceptors (Lipinski definition) is 3. The summed E-state index contributed by atoms with van der Waals surface area (Å²) >= 11 is 0. The zero-order valence-corrected chi connectivity index (χ0v) is 14.1. The van der Waals surface area contributed by atoms with Gasteiger partial charge in [-0.1, -0.05) is 36.4 Å². The van der Waals surface area contributed by atoms with Crippen LogP contribution in [0.5, 0.6) is 11.5 Å². The van der Waals surface area contributed by atoms with E-state index in [1.54, 1.807) is 0 Å². The van der Waals surface area contributed by atoms with Crippen LogP contribution in [0.4, 0.5) is 0 Å². The Bertz CT molecular complexity index is 571. The Kier molecular flexibility index (Phi) is 7.24. The van der Waals surface area contributed by atoms with Crippen molar-refractivity contribution in [2.75, 3.05) is 19.7 Å². The number of nitrogens with one attached hydrogen (secondary N) is 1. The fraction of sp³-hybridized carbons (Fsp3) is 0.368. The molecule has 0 aliphatic carbocycles. The molecule has 1 N–H and O–H groups in total. The Morgan fingerprint density at radius 2 is 1.57 bits per heavy atom. The highest BCUT2D eigenvalue weighted by Gasteiger charge is 2.13. The molecular weight excluding hydrogens is 310 g/mol. The molecule has 1 saturated heterocycles. The number of benzene rings is 2. The van der Waals surface area contributed by atoms with Crippen molar-refractivity contribution in [3.63, 3.8) is 0 Å². The van der Waals surface area contributed by atoms with Crippen molar-refractivity contribution in [2.24, 2.45) is 5.92 Å². The van der Waals surface area contributed by atoms with E-state index in [9.17, 15) is 0 Å². The largest absolute Gasteiger partial charge is 0.493 e. The van der Waals surface area contributed by atoms with E-state index in [1.165, 1.54) is 18.4 Å². The highest BCUT2D eigenvalue weighted by Crippen LogP contribution is 2.22. The topological polar surface area (TPSA) is 30.5 Å². The third-order valence-electron chi connectivity index (χ3n) is 4.00. The fourth-order valence-corrected chi connectivity index (χ4v) is 2.66. The predicted octanol–water partition coefficient (Wildman–Crippen LogP) is 4.07. The van der Waals surface area contributed by atoms with Crippen LogP contribution in [0, 0.1) is 5.92 Å². The normalized spacial score (nSPS) is 14.8. The van der Waals surface area contributed by atoms with E-state index in [0.717, 1.165) is 31.2 Å². The average molecular weight is 334 g/mol. The first kappa shape index (κ1) is 17.6. The van der Waals surface area contributed by atoms with Crippen molar-refractivity contribution in [1.82, 2.24) is 5.32 Å². The predicted molar refractivity (Wildman–Crippen MR) is 95.6 cm³/mol. The van der Waals surface area contributed by atoms with Gasteiger partial charge in [-0.2, -0.15) is 0 Å². The molecule has 0 unspecified atom stereocenters. The highest BCUT2D eigenvalue weighted by atomic mass is 35.5. The first-order valence-corrected chi connectivity index (χ1v) is 8.00. The van der Waals surface area contributed by atoms with E-state index in [-0.39, 0.29) is 12.4 Å². The zero-order chi connectivity index (χ0) is 15.0. The Labute approximate surface area is 144 Å². The van der Waals surface area contributed by atoms with Gasteiger partial charge in [0.25, 0.3) is 0 Å². The van der Waals surface area contributed by atoms with Crippen LogP contribution in [0.25, 0.3) is 0 Å². The molecule has 0 saturated carbocycles. The molecule has 3 rings (SSSR count). The summed E-state index contributed by atoms with van der Waals surface area (Å²) in [7, 11) is 0. The number of rotatable bonds is 6. The Morgan fingerprint density at radius 3 is 2.30 bits per heavy atom. The fourth-order valence-electron chi connectivity index (χ4n) is 2.66. The quantitative estimate of drug-likeness (QED) is 0.864. The second kappa shape index (κ2) is 9.43. The van der Waals surface area contributed by atoms with Crippen LogP contribution in [-0.4, -0.2) is 19.7 Å². The molecule has 0 spiro atoms. The Morgan fingerprint density at radius 1 is 0.870 bits per heavy atom. The van der Waals surface area contributed by atoms with Crippen LogP contribution in [0.15, 0.2) is 54.6 Å². The SMILES string of the molecule is Cl.c1ccc(COc2cccc(OCC3CCNCC3)c2)cc1. The van der Waals surface area contributed by atoms with Crippen LogP contribution in [0.3, 0.4) is 0 Å². The molecule has 0 amide bonds. The molecule has 1 heterocycles. The van der Waals surface area contributed by atoms with Gasteiger partial charge in [-0.25, -0.2) is 0 Å². The maximum atomic E-state index is 5.93. The van der Waals surface area contributed by atoms with E-state index < -0.39 is 0 Å². The van der Waals surface area contributed by atoms with Gasteiger partial charge in [-0.05, 0) is 49.5 Å². The van der Waals surface area contributed by atoms with Gasteiger partial charge in [-0.15, -0.1) is 12.4 Å². The average Bonchev–Trinajstić information content (AvgIpc) is 2.60. The summed E-state index contributed by atoms with van der Waals surface area (Å²) < 4.78 is 11.8. The summed E-state index contributed by atoms with van der Waals surface area (Å²) in [5, 5.41) is 3.38. The van der Waals surface area contributed by atoms with E-state index in [2.05, 4.69) is 17.4 Å². The van der Waals surface area contributed by atoms with Crippen molar-refractivity contribution in [3.8, 4) is 11.5 Å². The van der Waals surface area contributed by atoms with Gasteiger partial charge in [0.1, 0.15) is 18.1 Å². The van der Waals surface area contributed by atoms with Crippen LogP contribution in [0.2, 0.25) is 0 Å². The molecule has 0 radical (unpaired) electrons. The van der Waals surface area contributed by atoms with Gasteiger partial charge in [0.15, 0.2) is 0 Å². The maximum Gasteiger partial charge on any atom is 0.123 e. The maximum absolute atomic E-state index is 5.93. The number of piperidine rings is 1.